The molecule has 2 nitrogen and oxygen atoms in total. The van der Waals surface area contributed by atoms with Gasteiger partial charge in [-0.25, -0.2) is 0 Å². The maximum Gasteiger partial charge on any atom is 0.117 e. The van der Waals surface area contributed by atoms with E-state index in [9.17, 15) is 0 Å². The van der Waals surface area contributed by atoms with Crippen molar-refractivity contribution in [1.29, 1.82) is 0 Å². The van der Waals surface area contributed by atoms with Gasteiger partial charge in [-0.15, -0.1) is 11.8 Å². The number of rotatable bonds is 5. The van der Waals surface area contributed by atoms with Crippen molar-refractivity contribution in [3.63, 3.8) is 0 Å². The van der Waals surface area contributed by atoms with Gasteiger partial charge in [0, 0.05) is 4.90 Å². The normalized spacial score (nSPS) is 10.8. The van der Waals surface area contributed by atoms with E-state index >= 15 is 0 Å². The van der Waals surface area contributed by atoms with E-state index in [0.29, 0.717) is 0 Å². The molecule has 1 heterocycles. The first-order valence-corrected chi connectivity index (χ1v) is 7.10. The largest absolute Gasteiger partial charge is 0.464 e. The molecule has 1 aromatic carbocycles. The molecule has 0 fully saturated rings. The monoisotopic (exact) mass is 261 g/mol. The van der Waals surface area contributed by atoms with Gasteiger partial charge < -0.3 is 9.73 Å². The summed E-state index contributed by atoms with van der Waals surface area (Å²) >= 11 is 1.83. The number of furan rings is 1. The van der Waals surface area contributed by atoms with Gasteiger partial charge in [-0.1, -0.05) is 17.7 Å². The van der Waals surface area contributed by atoms with Gasteiger partial charge in [-0.2, -0.15) is 0 Å². The standard InChI is InChI=1S/C15H19NOS/c1-11-4-5-12(2)15(8-11)18-10-14-7-6-13(17-14)9-16-3/h4-8,16H,9-10H2,1-3H3. The number of nitrogens with one attached hydrogen (secondary N) is 1. The number of aryl methyl sites for hydroxylation is 2. The first kappa shape index (κ1) is 13.2. The highest BCUT2D eigenvalue weighted by molar-refractivity contribution is 7.98. The highest BCUT2D eigenvalue weighted by Gasteiger charge is 2.04. The zero-order valence-electron chi connectivity index (χ0n) is 11.1. The molecule has 0 aliphatic heterocycles. The second-order valence-electron chi connectivity index (χ2n) is 4.46. The van der Waals surface area contributed by atoms with Crippen LogP contribution in [0.15, 0.2) is 39.6 Å². The van der Waals surface area contributed by atoms with Crippen LogP contribution in [0, 0.1) is 13.8 Å². The summed E-state index contributed by atoms with van der Waals surface area (Å²) in [5.41, 5.74) is 2.63. The molecule has 0 atom stereocenters. The Balaban J connectivity index is 1.99. The summed E-state index contributed by atoms with van der Waals surface area (Å²) in [5, 5.41) is 3.09. The highest BCUT2D eigenvalue weighted by Crippen LogP contribution is 2.27. The number of hydrogen-bond donors (Lipinski definition) is 1. The Bertz CT molecular complexity index is 519. The van der Waals surface area contributed by atoms with Crippen molar-refractivity contribution in [3.05, 3.63) is 53.0 Å². The van der Waals surface area contributed by atoms with Crippen molar-refractivity contribution in [1.82, 2.24) is 5.32 Å². The van der Waals surface area contributed by atoms with E-state index in [1.165, 1.54) is 16.0 Å². The van der Waals surface area contributed by atoms with Crippen molar-refractivity contribution in [2.45, 2.75) is 31.0 Å². The fourth-order valence-corrected chi connectivity index (χ4v) is 2.80. The summed E-state index contributed by atoms with van der Waals surface area (Å²) in [5.74, 6) is 2.91. The summed E-state index contributed by atoms with van der Waals surface area (Å²) in [7, 11) is 1.92. The molecular weight excluding hydrogens is 242 g/mol. The van der Waals surface area contributed by atoms with E-state index in [1.54, 1.807) is 0 Å². The Kier molecular flexibility index (Phi) is 4.50. The van der Waals surface area contributed by atoms with Gasteiger partial charge in [0.15, 0.2) is 0 Å². The molecule has 96 valence electrons. The molecule has 1 aromatic heterocycles. The molecule has 0 radical (unpaired) electrons. The Morgan fingerprint density at radius 2 is 1.89 bits per heavy atom. The minimum Gasteiger partial charge on any atom is -0.464 e. The molecule has 3 heteroatoms. The van der Waals surface area contributed by atoms with Crippen LogP contribution in [0.25, 0.3) is 0 Å². The summed E-state index contributed by atoms with van der Waals surface area (Å²) in [6.45, 7) is 5.06. The summed E-state index contributed by atoms with van der Waals surface area (Å²) < 4.78 is 5.73. The lowest BCUT2D eigenvalue weighted by molar-refractivity contribution is 0.469. The van der Waals surface area contributed by atoms with Gasteiger partial charge in [-0.05, 0) is 44.7 Å². The van der Waals surface area contributed by atoms with Crippen LogP contribution in [0.3, 0.4) is 0 Å². The minimum absolute atomic E-state index is 0.786. The molecule has 2 rings (SSSR count). The van der Waals surface area contributed by atoms with E-state index < -0.39 is 0 Å². The van der Waals surface area contributed by atoms with E-state index in [0.717, 1.165) is 23.8 Å². The zero-order chi connectivity index (χ0) is 13.0. The van der Waals surface area contributed by atoms with Crippen molar-refractivity contribution < 1.29 is 4.42 Å². The van der Waals surface area contributed by atoms with Crippen LogP contribution < -0.4 is 5.32 Å². The maximum atomic E-state index is 5.73. The number of thioether (sulfide) groups is 1. The second kappa shape index (κ2) is 6.12. The third-order valence-electron chi connectivity index (χ3n) is 2.78. The summed E-state index contributed by atoms with van der Waals surface area (Å²) in [6, 6.07) is 10.7. The average Bonchev–Trinajstić information content (AvgIpc) is 2.79. The van der Waals surface area contributed by atoms with Gasteiger partial charge in [-0.3, -0.25) is 0 Å². The van der Waals surface area contributed by atoms with Crippen molar-refractivity contribution in [3.8, 4) is 0 Å². The van der Waals surface area contributed by atoms with Crippen LogP contribution in [0.5, 0.6) is 0 Å². The van der Waals surface area contributed by atoms with Gasteiger partial charge in [0.2, 0.25) is 0 Å². The Morgan fingerprint density at radius 1 is 1.11 bits per heavy atom. The molecule has 0 aliphatic rings. The molecule has 18 heavy (non-hydrogen) atoms. The minimum atomic E-state index is 0.786. The molecule has 0 saturated heterocycles. The molecule has 0 bridgehead atoms. The summed E-state index contributed by atoms with van der Waals surface area (Å²) in [6.07, 6.45) is 0. The lowest BCUT2D eigenvalue weighted by atomic mass is 10.2. The van der Waals surface area contributed by atoms with Crippen LogP contribution in [-0.2, 0) is 12.3 Å². The predicted octanol–water partition coefficient (Wildman–Crippen LogP) is 3.91. The molecule has 0 spiro atoms. The third kappa shape index (κ3) is 3.40. The maximum absolute atomic E-state index is 5.73. The molecular formula is C15H19NOS. The molecule has 0 amide bonds. The van der Waals surface area contributed by atoms with Crippen LogP contribution in [0.1, 0.15) is 22.6 Å². The fraction of sp³-hybridized carbons (Fsp3) is 0.333. The van der Waals surface area contributed by atoms with Crippen molar-refractivity contribution >= 4 is 11.8 Å². The van der Waals surface area contributed by atoms with Gasteiger partial charge >= 0.3 is 0 Å². The number of hydrogen-bond acceptors (Lipinski definition) is 3. The number of benzene rings is 1. The zero-order valence-corrected chi connectivity index (χ0v) is 11.9. The van der Waals surface area contributed by atoms with Crippen LogP contribution in [0.4, 0.5) is 0 Å². The summed E-state index contributed by atoms with van der Waals surface area (Å²) in [4.78, 5) is 1.33. The molecule has 2 aromatic rings. The molecule has 0 aliphatic carbocycles. The first-order valence-electron chi connectivity index (χ1n) is 6.11. The van der Waals surface area contributed by atoms with E-state index in [2.05, 4.69) is 43.4 Å². The fourth-order valence-electron chi connectivity index (χ4n) is 1.78. The van der Waals surface area contributed by atoms with E-state index in [1.807, 2.05) is 24.9 Å². The lowest BCUT2D eigenvalue weighted by Gasteiger charge is -2.05. The van der Waals surface area contributed by atoms with Gasteiger partial charge in [0.1, 0.15) is 11.5 Å². The van der Waals surface area contributed by atoms with E-state index in [-0.39, 0.29) is 0 Å². The SMILES string of the molecule is CNCc1ccc(CSc2cc(C)ccc2C)o1. The average molecular weight is 261 g/mol. The Morgan fingerprint density at radius 3 is 2.67 bits per heavy atom. The third-order valence-corrected chi connectivity index (χ3v) is 3.96. The first-order chi connectivity index (χ1) is 8.69. The topological polar surface area (TPSA) is 25.2 Å². The van der Waals surface area contributed by atoms with Gasteiger partial charge in [0.25, 0.3) is 0 Å². The lowest BCUT2D eigenvalue weighted by Crippen LogP contribution is -2.03. The second-order valence-corrected chi connectivity index (χ2v) is 5.47. The molecule has 1 N–H and O–H groups in total. The van der Waals surface area contributed by atoms with Gasteiger partial charge in [0.05, 0.1) is 12.3 Å². The Labute approximate surface area is 113 Å². The molecule has 0 saturated carbocycles. The highest BCUT2D eigenvalue weighted by atomic mass is 32.2. The van der Waals surface area contributed by atoms with Crippen LogP contribution >= 0.6 is 11.8 Å². The van der Waals surface area contributed by atoms with E-state index in [4.69, 9.17) is 4.42 Å². The van der Waals surface area contributed by atoms with Crippen molar-refractivity contribution in [2.75, 3.05) is 7.05 Å². The smallest absolute Gasteiger partial charge is 0.117 e. The van der Waals surface area contributed by atoms with Crippen molar-refractivity contribution in [2.24, 2.45) is 0 Å². The molecule has 0 unspecified atom stereocenters. The van der Waals surface area contributed by atoms with Crippen LogP contribution in [0.2, 0.25) is 0 Å². The van der Waals surface area contributed by atoms with Crippen LogP contribution in [-0.4, -0.2) is 7.05 Å². The predicted molar refractivity (Wildman–Crippen MR) is 76.9 cm³/mol. The quantitative estimate of drug-likeness (QED) is 0.826. The Hall–Kier alpha value is -1.19.